The zero-order valence-electron chi connectivity index (χ0n) is 11.7. The molecule has 22 heavy (non-hydrogen) atoms. The van der Waals surface area contributed by atoms with Gasteiger partial charge in [-0.3, -0.25) is 4.79 Å². The van der Waals surface area contributed by atoms with Gasteiger partial charge < -0.3 is 5.11 Å². The summed E-state index contributed by atoms with van der Waals surface area (Å²) < 4.78 is 0. The van der Waals surface area contributed by atoms with E-state index in [1.165, 1.54) is 6.08 Å². The molecule has 3 heteroatoms. The lowest BCUT2D eigenvalue weighted by molar-refractivity contribution is 0.104. The van der Waals surface area contributed by atoms with Gasteiger partial charge in [0.25, 0.3) is 0 Å². The fourth-order valence-electron chi connectivity index (χ4n) is 2.29. The van der Waals surface area contributed by atoms with E-state index in [1.807, 2.05) is 36.4 Å². The molecule has 3 aromatic rings. The summed E-state index contributed by atoms with van der Waals surface area (Å²) in [7, 11) is 0. The van der Waals surface area contributed by atoms with Crippen molar-refractivity contribution < 1.29 is 9.90 Å². The zero-order valence-corrected chi connectivity index (χ0v) is 12.4. The normalized spacial score (nSPS) is 11.1. The van der Waals surface area contributed by atoms with Gasteiger partial charge in [-0.05, 0) is 35.2 Å². The van der Waals surface area contributed by atoms with Gasteiger partial charge in [-0.1, -0.05) is 60.1 Å². The molecule has 0 aliphatic carbocycles. The number of benzene rings is 3. The van der Waals surface area contributed by atoms with E-state index in [0.29, 0.717) is 16.0 Å². The first-order valence-electron chi connectivity index (χ1n) is 6.84. The quantitative estimate of drug-likeness (QED) is 0.540. The third-order valence-electron chi connectivity index (χ3n) is 3.46. The molecule has 0 atom stereocenters. The zero-order chi connectivity index (χ0) is 15.5. The minimum atomic E-state index is -0.238. The predicted molar refractivity (Wildman–Crippen MR) is 90.4 cm³/mol. The molecule has 0 aromatic heterocycles. The summed E-state index contributed by atoms with van der Waals surface area (Å²) in [5.41, 5.74) is 1.17. The molecule has 0 aliphatic rings. The molecule has 1 N–H and O–H groups in total. The maximum absolute atomic E-state index is 12.3. The average Bonchev–Trinajstić information content (AvgIpc) is 2.55. The first-order chi connectivity index (χ1) is 10.6. The van der Waals surface area contributed by atoms with Crippen molar-refractivity contribution in [3.8, 4) is 5.75 Å². The van der Waals surface area contributed by atoms with Gasteiger partial charge in [-0.15, -0.1) is 0 Å². The molecule has 2 nitrogen and oxygen atoms in total. The number of allylic oxidation sites excluding steroid dienone is 1. The number of phenols is 1. The van der Waals surface area contributed by atoms with Crippen LogP contribution in [0.2, 0.25) is 5.02 Å². The van der Waals surface area contributed by atoms with Gasteiger partial charge in [0.15, 0.2) is 5.78 Å². The number of carbonyl (C=O) groups excluding carboxylic acids is 1. The molecule has 0 unspecified atom stereocenters. The minimum Gasteiger partial charge on any atom is -0.507 e. The van der Waals surface area contributed by atoms with Crippen LogP contribution in [0.1, 0.15) is 15.9 Å². The largest absolute Gasteiger partial charge is 0.507 e. The van der Waals surface area contributed by atoms with E-state index in [4.69, 9.17) is 11.6 Å². The summed E-state index contributed by atoms with van der Waals surface area (Å²) in [6.07, 6.45) is 3.15. The molecular weight excluding hydrogens is 296 g/mol. The molecule has 0 amide bonds. The van der Waals surface area contributed by atoms with Crippen molar-refractivity contribution in [1.82, 2.24) is 0 Å². The van der Waals surface area contributed by atoms with Gasteiger partial charge in [0.05, 0.1) is 5.56 Å². The number of carbonyl (C=O) groups is 1. The Labute approximate surface area is 133 Å². The fraction of sp³-hybridized carbons (Fsp3) is 0. The lowest BCUT2D eigenvalue weighted by Crippen LogP contribution is -1.95. The second kappa shape index (κ2) is 6.04. The second-order valence-electron chi connectivity index (χ2n) is 4.93. The number of hydrogen-bond acceptors (Lipinski definition) is 2. The molecule has 0 aliphatic heterocycles. The third-order valence-corrected chi connectivity index (χ3v) is 3.72. The van der Waals surface area contributed by atoms with E-state index < -0.39 is 0 Å². The van der Waals surface area contributed by atoms with Crippen LogP contribution >= 0.6 is 11.6 Å². The summed E-state index contributed by atoms with van der Waals surface area (Å²) in [5.74, 6) is -0.220. The highest BCUT2D eigenvalue weighted by Gasteiger charge is 2.11. The highest BCUT2D eigenvalue weighted by Crippen LogP contribution is 2.29. The summed E-state index contributed by atoms with van der Waals surface area (Å²) in [4.78, 5) is 12.3. The van der Waals surface area contributed by atoms with Crippen molar-refractivity contribution in [2.24, 2.45) is 0 Å². The second-order valence-corrected chi connectivity index (χ2v) is 5.37. The first-order valence-corrected chi connectivity index (χ1v) is 7.21. The molecule has 108 valence electrons. The summed E-state index contributed by atoms with van der Waals surface area (Å²) in [6.45, 7) is 0. The van der Waals surface area contributed by atoms with E-state index >= 15 is 0 Å². The molecule has 0 spiro atoms. The monoisotopic (exact) mass is 308 g/mol. The maximum atomic E-state index is 12.3. The van der Waals surface area contributed by atoms with Gasteiger partial charge in [-0.2, -0.15) is 0 Å². The van der Waals surface area contributed by atoms with Gasteiger partial charge >= 0.3 is 0 Å². The molecule has 0 saturated carbocycles. The van der Waals surface area contributed by atoms with Crippen LogP contribution in [0.4, 0.5) is 0 Å². The average molecular weight is 309 g/mol. The van der Waals surface area contributed by atoms with E-state index in [2.05, 4.69) is 0 Å². The van der Waals surface area contributed by atoms with Crippen LogP contribution in [-0.4, -0.2) is 10.9 Å². The SMILES string of the molecule is O=C(/C=C/c1ccc(Cl)cc1)c1ccc2ccccc2c1O. The maximum Gasteiger partial charge on any atom is 0.189 e. The van der Waals surface area contributed by atoms with E-state index in [1.54, 1.807) is 30.3 Å². The number of rotatable bonds is 3. The highest BCUT2D eigenvalue weighted by atomic mass is 35.5. The lowest BCUT2D eigenvalue weighted by Gasteiger charge is -2.05. The minimum absolute atomic E-state index is 0.0175. The van der Waals surface area contributed by atoms with Crippen molar-refractivity contribution in [3.63, 3.8) is 0 Å². The van der Waals surface area contributed by atoms with Gasteiger partial charge in [0, 0.05) is 10.4 Å². The van der Waals surface area contributed by atoms with Crippen molar-refractivity contribution in [2.75, 3.05) is 0 Å². The summed E-state index contributed by atoms with van der Waals surface area (Å²) >= 11 is 5.82. The standard InChI is InChI=1S/C19H13ClO2/c20-15-9-5-13(6-10-15)7-12-18(21)17-11-8-14-3-1-2-4-16(14)19(17)22/h1-12,22H/b12-7+. The number of fused-ring (bicyclic) bond motifs is 1. The molecule has 0 radical (unpaired) electrons. The van der Waals surface area contributed by atoms with E-state index in [-0.39, 0.29) is 11.5 Å². The van der Waals surface area contributed by atoms with E-state index in [0.717, 1.165) is 10.9 Å². The number of aromatic hydroxyl groups is 1. The fourth-order valence-corrected chi connectivity index (χ4v) is 2.42. The molecule has 3 rings (SSSR count). The Morgan fingerprint density at radius 2 is 1.68 bits per heavy atom. The van der Waals surface area contributed by atoms with Crippen molar-refractivity contribution in [1.29, 1.82) is 0 Å². The molecule has 0 fully saturated rings. The van der Waals surface area contributed by atoms with Gasteiger partial charge in [-0.25, -0.2) is 0 Å². The van der Waals surface area contributed by atoms with Crippen LogP contribution in [0, 0.1) is 0 Å². The summed E-state index contributed by atoms with van der Waals surface area (Å²) in [6, 6.07) is 18.1. The molecular formula is C19H13ClO2. The van der Waals surface area contributed by atoms with Crippen LogP contribution in [0.5, 0.6) is 5.75 Å². The van der Waals surface area contributed by atoms with E-state index in [9.17, 15) is 9.90 Å². The van der Waals surface area contributed by atoms with Crippen LogP contribution in [0.25, 0.3) is 16.8 Å². The van der Waals surface area contributed by atoms with Crippen LogP contribution in [0.3, 0.4) is 0 Å². The van der Waals surface area contributed by atoms with Gasteiger partial charge in [0.1, 0.15) is 5.75 Å². The van der Waals surface area contributed by atoms with Crippen molar-refractivity contribution in [3.05, 3.63) is 82.9 Å². The van der Waals surface area contributed by atoms with Gasteiger partial charge in [0.2, 0.25) is 0 Å². The van der Waals surface area contributed by atoms with Crippen molar-refractivity contribution >= 4 is 34.2 Å². The predicted octanol–water partition coefficient (Wildman–Crippen LogP) is 5.09. The molecule has 0 saturated heterocycles. The Hall–Kier alpha value is -2.58. The van der Waals surface area contributed by atoms with Crippen LogP contribution in [-0.2, 0) is 0 Å². The Bertz CT molecular complexity index is 864. The number of halogens is 1. The highest BCUT2D eigenvalue weighted by molar-refractivity contribution is 6.30. The molecule has 0 bridgehead atoms. The Balaban J connectivity index is 1.92. The topological polar surface area (TPSA) is 37.3 Å². The van der Waals surface area contributed by atoms with Crippen LogP contribution < -0.4 is 0 Å². The van der Waals surface area contributed by atoms with Crippen molar-refractivity contribution in [2.45, 2.75) is 0 Å². The molecule has 0 heterocycles. The Kier molecular flexibility index (Phi) is 3.94. The number of phenolic OH excluding ortho intramolecular Hbond substituents is 1. The molecule has 3 aromatic carbocycles. The lowest BCUT2D eigenvalue weighted by atomic mass is 10.0. The smallest absolute Gasteiger partial charge is 0.189 e. The van der Waals surface area contributed by atoms with Crippen LogP contribution in [0.15, 0.2) is 66.7 Å². The Morgan fingerprint density at radius 3 is 2.45 bits per heavy atom. The number of ketones is 1. The third kappa shape index (κ3) is 2.87. The summed E-state index contributed by atoms with van der Waals surface area (Å²) in [5, 5.41) is 12.5. The first kappa shape index (κ1) is 14.4. The number of hydrogen-bond donors (Lipinski definition) is 1. The Morgan fingerprint density at radius 1 is 0.955 bits per heavy atom.